The lowest BCUT2D eigenvalue weighted by atomic mass is 10.0. The van der Waals surface area contributed by atoms with Gasteiger partial charge in [0.25, 0.3) is 0 Å². The summed E-state index contributed by atoms with van der Waals surface area (Å²) in [5.74, 6) is 0. The van der Waals surface area contributed by atoms with Gasteiger partial charge in [-0.2, -0.15) is 5.26 Å². The molecule has 1 heterocycles. The fourth-order valence-corrected chi connectivity index (χ4v) is 2.41. The second-order valence-corrected chi connectivity index (χ2v) is 4.68. The molecular formula is C13H15ClN2. The summed E-state index contributed by atoms with van der Waals surface area (Å²) in [6, 6.07) is 10.3. The summed E-state index contributed by atoms with van der Waals surface area (Å²) in [6.45, 7) is 1.85. The number of hydrogen-bond donors (Lipinski definition) is 0. The van der Waals surface area contributed by atoms with E-state index in [2.05, 4.69) is 17.0 Å². The van der Waals surface area contributed by atoms with Gasteiger partial charge in [0.15, 0.2) is 0 Å². The quantitative estimate of drug-likeness (QED) is 0.786. The van der Waals surface area contributed by atoms with Gasteiger partial charge in [0.05, 0.1) is 12.1 Å². The zero-order valence-corrected chi connectivity index (χ0v) is 9.95. The molecule has 1 saturated heterocycles. The standard InChI is InChI=1S/C13H15ClN2/c14-12-5-3-4-11(8-12)10-16-7-2-1-6-13(16)9-15/h3-5,8,13H,1-2,6-7,10H2. The van der Waals surface area contributed by atoms with Crippen LogP contribution in [0.3, 0.4) is 0 Å². The van der Waals surface area contributed by atoms with Crippen molar-refractivity contribution in [3.8, 4) is 6.07 Å². The van der Waals surface area contributed by atoms with Gasteiger partial charge in [-0.25, -0.2) is 0 Å². The summed E-state index contributed by atoms with van der Waals surface area (Å²) in [4.78, 5) is 2.25. The Morgan fingerprint density at radius 1 is 1.44 bits per heavy atom. The summed E-state index contributed by atoms with van der Waals surface area (Å²) in [5, 5.41) is 9.84. The number of hydrogen-bond acceptors (Lipinski definition) is 2. The molecule has 0 saturated carbocycles. The number of likely N-dealkylation sites (tertiary alicyclic amines) is 1. The zero-order chi connectivity index (χ0) is 11.4. The maximum atomic E-state index is 9.08. The topological polar surface area (TPSA) is 27.0 Å². The first-order valence-electron chi connectivity index (χ1n) is 5.68. The van der Waals surface area contributed by atoms with E-state index in [1.807, 2.05) is 18.2 Å². The Morgan fingerprint density at radius 3 is 3.06 bits per heavy atom. The van der Waals surface area contributed by atoms with Crippen LogP contribution in [-0.2, 0) is 6.54 Å². The van der Waals surface area contributed by atoms with Crippen molar-refractivity contribution in [2.24, 2.45) is 0 Å². The Hall–Kier alpha value is -1.04. The fraction of sp³-hybridized carbons (Fsp3) is 0.462. The van der Waals surface area contributed by atoms with Gasteiger partial charge in [-0.05, 0) is 43.5 Å². The first-order chi connectivity index (χ1) is 7.79. The maximum Gasteiger partial charge on any atom is 0.0980 e. The molecule has 0 aliphatic carbocycles. The van der Waals surface area contributed by atoms with Crippen molar-refractivity contribution in [2.75, 3.05) is 6.54 Å². The third-order valence-electron chi connectivity index (χ3n) is 3.04. The molecule has 0 spiro atoms. The number of rotatable bonds is 2. The molecule has 0 N–H and O–H groups in total. The molecule has 0 bridgehead atoms. The molecule has 1 aliphatic rings. The van der Waals surface area contributed by atoms with Crippen LogP contribution in [-0.4, -0.2) is 17.5 Å². The predicted octanol–water partition coefficient (Wildman–Crippen LogP) is 3.22. The van der Waals surface area contributed by atoms with E-state index >= 15 is 0 Å². The summed E-state index contributed by atoms with van der Waals surface area (Å²) >= 11 is 5.95. The van der Waals surface area contributed by atoms with Gasteiger partial charge >= 0.3 is 0 Å². The number of nitrogens with zero attached hydrogens (tertiary/aromatic N) is 2. The minimum atomic E-state index is 0.0766. The van der Waals surface area contributed by atoms with Gasteiger partial charge < -0.3 is 0 Å². The molecule has 16 heavy (non-hydrogen) atoms. The van der Waals surface area contributed by atoms with Crippen molar-refractivity contribution in [1.29, 1.82) is 5.26 Å². The van der Waals surface area contributed by atoms with Crippen LogP contribution in [0.4, 0.5) is 0 Å². The van der Waals surface area contributed by atoms with Crippen LogP contribution >= 0.6 is 11.6 Å². The van der Waals surface area contributed by atoms with E-state index in [1.54, 1.807) is 0 Å². The van der Waals surface area contributed by atoms with Gasteiger partial charge in [-0.15, -0.1) is 0 Å². The molecule has 3 heteroatoms. The third kappa shape index (κ3) is 2.75. The molecule has 0 aromatic heterocycles. The molecule has 84 valence electrons. The second kappa shape index (κ2) is 5.34. The highest BCUT2D eigenvalue weighted by Gasteiger charge is 2.21. The molecule has 1 unspecified atom stereocenters. The van der Waals surface area contributed by atoms with Crippen LogP contribution in [0.15, 0.2) is 24.3 Å². The molecule has 1 atom stereocenters. The molecular weight excluding hydrogens is 220 g/mol. The number of halogens is 1. The first-order valence-corrected chi connectivity index (χ1v) is 6.05. The Balaban J connectivity index is 2.05. The Bertz CT molecular complexity index is 397. The molecule has 0 radical (unpaired) electrons. The number of nitriles is 1. The van der Waals surface area contributed by atoms with Crippen molar-refractivity contribution < 1.29 is 0 Å². The average Bonchev–Trinajstić information content (AvgIpc) is 2.30. The SMILES string of the molecule is N#CC1CCCCN1Cc1cccc(Cl)c1. The summed E-state index contributed by atoms with van der Waals surface area (Å²) in [7, 11) is 0. The molecule has 2 nitrogen and oxygen atoms in total. The van der Waals surface area contributed by atoms with E-state index in [0.717, 1.165) is 24.5 Å². The van der Waals surface area contributed by atoms with Crippen molar-refractivity contribution in [1.82, 2.24) is 4.90 Å². The largest absolute Gasteiger partial charge is 0.284 e. The molecule has 1 aromatic carbocycles. The highest BCUT2D eigenvalue weighted by atomic mass is 35.5. The molecule has 2 rings (SSSR count). The molecule has 1 fully saturated rings. The van der Waals surface area contributed by atoms with Crippen LogP contribution in [0.25, 0.3) is 0 Å². The normalized spacial score (nSPS) is 21.6. The summed E-state index contributed by atoms with van der Waals surface area (Å²) in [5.41, 5.74) is 1.19. The first kappa shape index (κ1) is 11.4. The maximum absolute atomic E-state index is 9.08. The van der Waals surface area contributed by atoms with Gasteiger partial charge in [0.1, 0.15) is 0 Å². The highest BCUT2D eigenvalue weighted by Crippen LogP contribution is 2.20. The van der Waals surface area contributed by atoms with E-state index in [-0.39, 0.29) is 6.04 Å². The van der Waals surface area contributed by atoms with Crippen LogP contribution in [0.5, 0.6) is 0 Å². The third-order valence-corrected chi connectivity index (χ3v) is 3.27. The zero-order valence-electron chi connectivity index (χ0n) is 9.19. The molecule has 1 aliphatic heterocycles. The van der Waals surface area contributed by atoms with Crippen molar-refractivity contribution in [2.45, 2.75) is 31.8 Å². The van der Waals surface area contributed by atoms with Gasteiger partial charge in [-0.3, -0.25) is 4.90 Å². The van der Waals surface area contributed by atoms with E-state index in [9.17, 15) is 0 Å². The van der Waals surface area contributed by atoms with Gasteiger partial charge in [-0.1, -0.05) is 23.7 Å². The van der Waals surface area contributed by atoms with Crippen LogP contribution in [0, 0.1) is 11.3 Å². The summed E-state index contributed by atoms with van der Waals surface area (Å²) < 4.78 is 0. The second-order valence-electron chi connectivity index (χ2n) is 4.24. The smallest absolute Gasteiger partial charge is 0.0980 e. The Labute approximate surface area is 101 Å². The lowest BCUT2D eigenvalue weighted by molar-refractivity contribution is 0.176. The fourth-order valence-electron chi connectivity index (χ4n) is 2.20. The van der Waals surface area contributed by atoms with E-state index < -0.39 is 0 Å². The summed E-state index contributed by atoms with van der Waals surface area (Å²) in [6.07, 6.45) is 3.36. The monoisotopic (exact) mass is 234 g/mol. The van der Waals surface area contributed by atoms with E-state index in [0.29, 0.717) is 0 Å². The number of piperidine rings is 1. The van der Waals surface area contributed by atoms with Crippen LogP contribution < -0.4 is 0 Å². The Kier molecular flexibility index (Phi) is 3.82. The van der Waals surface area contributed by atoms with Crippen LogP contribution in [0.2, 0.25) is 5.02 Å². The van der Waals surface area contributed by atoms with Crippen molar-refractivity contribution in [3.63, 3.8) is 0 Å². The molecule has 0 amide bonds. The highest BCUT2D eigenvalue weighted by molar-refractivity contribution is 6.30. The molecule has 1 aromatic rings. The Morgan fingerprint density at radius 2 is 2.31 bits per heavy atom. The predicted molar refractivity (Wildman–Crippen MR) is 65.1 cm³/mol. The lowest BCUT2D eigenvalue weighted by Gasteiger charge is -2.31. The van der Waals surface area contributed by atoms with E-state index in [1.165, 1.54) is 18.4 Å². The van der Waals surface area contributed by atoms with Crippen molar-refractivity contribution in [3.05, 3.63) is 34.9 Å². The average molecular weight is 235 g/mol. The van der Waals surface area contributed by atoms with Gasteiger partial charge in [0.2, 0.25) is 0 Å². The number of benzene rings is 1. The van der Waals surface area contributed by atoms with Crippen molar-refractivity contribution >= 4 is 11.6 Å². The van der Waals surface area contributed by atoms with E-state index in [4.69, 9.17) is 16.9 Å². The minimum absolute atomic E-state index is 0.0766. The van der Waals surface area contributed by atoms with Crippen LogP contribution in [0.1, 0.15) is 24.8 Å². The lowest BCUT2D eigenvalue weighted by Crippen LogP contribution is -2.37. The minimum Gasteiger partial charge on any atom is -0.284 e. The van der Waals surface area contributed by atoms with Gasteiger partial charge in [0, 0.05) is 11.6 Å².